The highest BCUT2D eigenvalue weighted by Crippen LogP contribution is 2.17. The van der Waals surface area contributed by atoms with Gasteiger partial charge in [-0.2, -0.15) is 0 Å². The third kappa shape index (κ3) is 4.58. The van der Waals surface area contributed by atoms with Gasteiger partial charge in [-0.1, -0.05) is 0 Å². The Hall–Kier alpha value is -1.33. The first kappa shape index (κ1) is 13.7. The molecule has 0 amide bonds. The van der Waals surface area contributed by atoms with Gasteiger partial charge in [0.1, 0.15) is 5.82 Å². The number of hydrogen-bond acceptors (Lipinski definition) is 5. The second-order valence-corrected chi connectivity index (χ2v) is 4.11. The molecule has 0 bridgehead atoms. The number of aromatic nitrogens is 1. The van der Waals surface area contributed by atoms with Gasteiger partial charge < -0.3 is 20.7 Å². The van der Waals surface area contributed by atoms with Gasteiger partial charge in [-0.05, 0) is 25.6 Å². The fraction of sp³-hybridized carbons (Fsp3) is 0.583. The topological polar surface area (TPSA) is 63.4 Å². The summed E-state index contributed by atoms with van der Waals surface area (Å²) in [5.41, 5.74) is 7.70. The van der Waals surface area contributed by atoms with E-state index >= 15 is 0 Å². The van der Waals surface area contributed by atoms with Crippen LogP contribution in [0.25, 0.3) is 0 Å². The number of ether oxygens (including phenoxy) is 1. The van der Waals surface area contributed by atoms with Gasteiger partial charge in [0.15, 0.2) is 0 Å². The summed E-state index contributed by atoms with van der Waals surface area (Å²) >= 11 is 0. The van der Waals surface area contributed by atoms with Crippen LogP contribution in [-0.2, 0) is 4.74 Å². The quantitative estimate of drug-likeness (QED) is 0.741. The Morgan fingerprint density at radius 2 is 2.24 bits per heavy atom. The van der Waals surface area contributed by atoms with Gasteiger partial charge in [-0.3, -0.25) is 0 Å². The number of nitrogens with one attached hydrogen (secondary N) is 1. The van der Waals surface area contributed by atoms with Crippen LogP contribution in [0.15, 0.2) is 12.3 Å². The minimum Gasteiger partial charge on any atom is -0.396 e. The van der Waals surface area contributed by atoms with Crippen molar-refractivity contribution in [2.45, 2.75) is 6.92 Å². The fourth-order valence-corrected chi connectivity index (χ4v) is 1.43. The van der Waals surface area contributed by atoms with Crippen LogP contribution in [0.1, 0.15) is 5.56 Å². The van der Waals surface area contributed by atoms with Gasteiger partial charge >= 0.3 is 0 Å². The molecule has 17 heavy (non-hydrogen) atoms. The maximum Gasteiger partial charge on any atom is 0.149 e. The second-order valence-electron chi connectivity index (χ2n) is 4.11. The van der Waals surface area contributed by atoms with E-state index in [4.69, 9.17) is 10.5 Å². The molecule has 5 heteroatoms. The van der Waals surface area contributed by atoms with Crippen molar-refractivity contribution in [2.75, 3.05) is 51.4 Å². The highest BCUT2D eigenvalue weighted by molar-refractivity contribution is 5.64. The third-order valence-electron chi connectivity index (χ3n) is 2.67. The van der Waals surface area contributed by atoms with Gasteiger partial charge in [0.2, 0.25) is 0 Å². The van der Waals surface area contributed by atoms with Crippen LogP contribution >= 0.6 is 0 Å². The van der Waals surface area contributed by atoms with Gasteiger partial charge in [0.05, 0.1) is 12.3 Å². The number of nitrogen functional groups attached to an aromatic ring is 1. The summed E-state index contributed by atoms with van der Waals surface area (Å²) in [5.74, 6) is 0.769. The Bertz CT molecular complexity index is 343. The van der Waals surface area contributed by atoms with E-state index in [2.05, 4.69) is 22.2 Å². The Balaban J connectivity index is 2.33. The Morgan fingerprint density at radius 3 is 2.94 bits per heavy atom. The number of rotatable bonds is 7. The summed E-state index contributed by atoms with van der Waals surface area (Å²) in [5, 5.41) is 3.24. The summed E-state index contributed by atoms with van der Waals surface area (Å²) in [6, 6.07) is 1.91. The van der Waals surface area contributed by atoms with Crippen LogP contribution in [0.2, 0.25) is 0 Å². The molecule has 1 aromatic rings. The third-order valence-corrected chi connectivity index (χ3v) is 2.67. The lowest BCUT2D eigenvalue weighted by Crippen LogP contribution is -2.28. The van der Waals surface area contributed by atoms with E-state index in [9.17, 15) is 0 Å². The van der Waals surface area contributed by atoms with Crippen molar-refractivity contribution in [1.82, 2.24) is 9.88 Å². The highest BCUT2D eigenvalue weighted by atomic mass is 16.5. The number of aryl methyl sites for hydroxylation is 1. The molecule has 0 aliphatic heterocycles. The van der Waals surface area contributed by atoms with Gasteiger partial charge in [0, 0.05) is 32.9 Å². The number of anilines is 2. The Morgan fingerprint density at radius 1 is 1.47 bits per heavy atom. The van der Waals surface area contributed by atoms with E-state index in [1.165, 1.54) is 0 Å². The monoisotopic (exact) mass is 238 g/mol. The van der Waals surface area contributed by atoms with E-state index in [0.29, 0.717) is 0 Å². The first-order valence-electron chi connectivity index (χ1n) is 5.77. The van der Waals surface area contributed by atoms with Gasteiger partial charge in [0.25, 0.3) is 0 Å². The largest absolute Gasteiger partial charge is 0.396 e. The molecule has 0 fully saturated rings. The molecular formula is C12H22N4O. The molecule has 3 N–H and O–H groups in total. The normalized spacial score (nSPS) is 10.8. The molecule has 0 unspecified atom stereocenters. The van der Waals surface area contributed by atoms with Crippen LogP contribution in [0, 0.1) is 6.92 Å². The molecule has 0 aromatic carbocycles. The maximum atomic E-state index is 5.92. The number of nitrogens with zero attached hydrogens (tertiary/aromatic N) is 2. The number of likely N-dealkylation sites (N-methyl/N-ethyl adjacent to an activating group) is 1. The first-order valence-corrected chi connectivity index (χ1v) is 5.77. The molecule has 5 nitrogen and oxygen atoms in total. The predicted octanol–water partition coefficient (Wildman–Crippen LogP) is 0.962. The van der Waals surface area contributed by atoms with Crippen molar-refractivity contribution in [1.29, 1.82) is 0 Å². The Labute approximate surface area is 103 Å². The van der Waals surface area contributed by atoms with E-state index in [1.807, 2.05) is 13.0 Å². The molecular weight excluding hydrogens is 216 g/mol. The van der Waals surface area contributed by atoms with E-state index < -0.39 is 0 Å². The van der Waals surface area contributed by atoms with Crippen molar-refractivity contribution in [3.63, 3.8) is 0 Å². The second kappa shape index (κ2) is 7.09. The molecule has 96 valence electrons. The van der Waals surface area contributed by atoms with Crippen LogP contribution in [0.3, 0.4) is 0 Å². The summed E-state index contributed by atoms with van der Waals surface area (Å²) < 4.78 is 5.02. The first-order chi connectivity index (χ1) is 8.15. The van der Waals surface area contributed by atoms with Gasteiger partial charge in [-0.15, -0.1) is 0 Å². The SMILES string of the molecule is COCCN(C)CCNc1nccc(C)c1N. The summed E-state index contributed by atoms with van der Waals surface area (Å²) in [6.45, 7) is 5.41. The lowest BCUT2D eigenvalue weighted by Gasteiger charge is -2.17. The molecule has 0 atom stereocenters. The molecule has 0 saturated carbocycles. The molecule has 1 heterocycles. The molecule has 0 radical (unpaired) electrons. The highest BCUT2D eigenvalue weighted by Gasteiger charge is 2.03. The van der Waals surface area contributed by atoms with E-state index in [1.54, 1.807) is 13.3 Å². The standard InChI is InChI=1S/C12H22N4O/c1-10-4-5-14-12(11(10)13)15-6-7-16(2)8-9-17-3/h4-5H,6-9,13H2,1-3H3,(H,14,15). The summed E-state index contributed by atoms with van der Waals surface area (Å²) in [4.78, 5) is 6.42. The molecule has 0 aliphatic rings. The number of nitrogens with two attached hydrogens (primary N) is 1. The molecule has 1 aromatic heterocycles. The number of hydrogen-bond donors (Lipinski definition) is 2. The van der Waals surface area contributed by atoms with E-state index in [-0.39, 0.29) is 0 Å². The van der Waals surface area contributed by atoms with Gasteiger partial charge in [-0.25, -0.2) is 4.98 Å². The van der Waals surface area contributed by atoms with Crippen molar-refractivity contribution < 1.29 is 4.74 Å². The Kier molecular flexibility index (Phi) is 5.72. The average Bonchev–Trinajstić information content (AvgIpc) is 2.32. The molecule has 0 aliphatic carbocycles. The number of pyridine rings is 1. The van der Waals surface area contributed by atoms with Crippen molar-refractivity contribution >= 4 is 11.5 Å². The van der Waals surface area contributed by atoms with Crippen LogP contribution in [-0.4, -0.2) is 50.3 Å². The number of methoxy groups -OCH3 is 1. The lowest BCUT2D eigenvalue weighted by atomic mass is 10.2. The lowest BCUT2D eigenvalue weighted by molar-refractivity contribution is 0.163. The summed E-state index contributed by atoms with van der Waals surface area (Å²) in [7, 11) is 3.77. The van der Waals surface area contributed by atoms with Crippen LogP contribution in [0.4, 0.5) is 11.5 Å². The zero-order valence-electron chi connectivity index (χ0n) is 10.9. The zero-order valence-corrected chi connectivity index (χ0v) is 10.9. The maximum absolute atomic E-state index is 5.92. The average molecular weight is 238 g/mol. The van der Waals surface area contributed by atoms with Crippen LogP contribution < -0.4 is 11.1 Å². The predicted molar refractivity (Wildman–Crippen MR) is 71.2 cm³/mol. The van der Waals surface area contributed by atoms with E-state index in [0.717, 1.165) is 43.3 Å². The van der Waals surface area contributed by atoms with Crippen molar-refractivity contribution in [3.8, 4) is 0 Å². The van der Waals surface area contributed by atoms with Crippen LogP contribution in [0.5, 0.6) is 0 Å². The van der Waals surface area contributed by atoms with Crippen molar-refractivity contribution in [2.24, 2.45) is 0 Å². The van der Waals surface area contributed by atoms with Crippen molar-refractivity contribution in [3.05, 3.63) is 17.8 Å². The molecule has 0 saturated heterocycles. The molecule has 1 rings (SSSR count). The zero-order chi connectivity index (χ0) is 12.7. The minimum atomic E-state index is 0.729. The minimum absolute atomic E-state index is 0.729. The summed E-state index contributed by atoms with van der Waals surface area (Å²) in [6.07, 6.45) is 1.77. The fourth-order valence-electron chi connectivity index (χ4n) is 1.43. The molecule has 0 spiro atoms. The smallest absolute Gasteiger partial charge is 0.149 e.